The van der Waals surface area contributed by atoms with E-state index in [1.807, 2.05) is 68.4 Å². The molecule has 238 valence electrons. The van der Waals surface area contributed by atoms with E-state index in [1.165, 1.54) is 0 Å². The van der Waals surface area contributed by atoms with E-state index in [2.05, 4.69) is 44.4 Å². The number of rotatable bonds is 13. The number of unbranched alkanes of at least 4 members (excludes halogenated alkanes) is 4. The van der Waals surface area contributed by atoms with Crippen LogP contribution in [0.1, 0.15) is 135 Å². The highest BCUT2D eigenvalue weighted by Gasteiger charge is 2.51. The number of amides is 1. The molecule has 0 aliphatic carbocycles. The van der Waals surface area contributed by atoms with Crippen LogP contribution in [0.25, 0.3) is 0 Å². The summed E-state index contributed by atoms with van der Waals surface area (Å²) in [6.45, 7) is 27.4. The Morgan fingerprint density at radius 3 is 1.88 bits per heavy atom. The number of ketones is 2. The van der Waals surface area contributed by atoms with Gasteiger partial charge in [-0.05, 0) is 74.1 Å². The molecule has 1 amide bonds. The van der Waals surface area contributed by atoms with E-state index in [9.17, 15) is 14.4 Å². The van der Waals surface area contributed by atoms with Gasteiger partial charge in [-0.15, -0.1) is 0 Å². The van der Waals surface area contributed by atoms with Gasteiger partial charge in [0.05, 0.1) is 11.1 Å². The third-order valence-corrected chi connectivity index (χ3v) is 7.36. The molecule has 7 nitrogen and oxygen atoms in total. The van der Waals surface area contributed by atoms with Gasteiger partial charge in [0.25, 0.3) is 0 Å². The van der Waals surface area contributed by atoms with Gasteiger partial charge in [0.1, 0.15) is 6.61 Å². The number of Topliss-reactive ketones (excluding diaryl/α,β-unsaturated/α-hetero) is 2. The van der Waals surface area contributed by atoms with Crippen molar-refractivity contribution < 1.29 is 19.1 Å². The van der Waals surface area contributed by atoms with E-state index in [-0.39, 0.29) is 40.8 Å². The number of hydrogen-bond acceptors (Lipinski definition) is 6. The van der Waals surface area contributed by atoms with Crippen LogP contribution in [-0.4, -0.2) is 64.4 Å². The van der Waals surface area contributed by atoms with Gasteiger partial charge in [-0.3, -0.25) is 14.9 Å². The topological polar surface area (TPSA) is 87.7 Å². The van der Waals surface area contributed by atoms with E-state index in [1.54, 1.807) is 4.90 Å². The second-order valence-electron chi connectivity index (χ2n) is 16.5. The molecule has 0 radical (unpaired) electrons. The van der Waals surface area contributed by atoms with Crippen LogP contribution in [0.3, 0.4) is 0 Å². The summed E-state index contributed by atoms with van der Waals surface area (Å²) >= 11 is 0. The number of carbonyl (C=O) groups is 3. The minimum Gasteiger partial charge on any atom is -0.445 e. The molecule has 0 aromatic carbocycles. The van der Waals surface area contributed by atoms with E-state index in [0.717, 1.165) is 38.5 Å². The molecule has 2 atom stereocenters. The van der Waals surface area contributed by atoms with Crippen molar-refractivity contribution in [2.75, 3.05) is 19.7 Å². The lowest BCUT2D eigenvalue weighted by atomic mass is 9.75. The molecule has 2 N–H and O–H groups in total. The molecule has 0 aromatic rings. The average Bonchev–Trinajstić information content (AvgIpc) is 3.20. The number of nitrogens with one attached hydrogen (secondary N) is 2. The molecule has 7 heteroatoms. The minimum absolute atomic E-state index is 0.130. The first kappa shape index (κ1) is 37.3. The molecule has 1 fully saturated rings. The van der Waals surface area contributed by atoms with Gasteiger partial charge in [0, 0.05) is 35.0 Å². The van der Waals surface area contributed by atoms with Gasteiger partial charge in [-0.2, -0.15) is 0 Å². The Morgan fingerprint density at radius 1 is 0.780 bits per heavy atom. The molecule has 41 heavy (non-hydrogen) atoms. The molecule has 0 bridgehead atoms. The standard InChI is InChI=1S/C34H63N3O4/c1-29(2,3)26(38)33(13,35-31(7,8)9)21-19-17-15-14-16-18-20-24-41-28(40)37-23-22-34(25-37,36-32(10,11)12)27(39)30(4,5)6/h18,20,35-36H,14-17,19,21-25H2,1-13H3/b20-18+/t33-,34+/m1/s1. The summed E-state index contributed by atoms with van der Waals surface area (Å²) < 4.78 is 5.51. The number of nitrogens with zero attached hydrogens (tertiary/aromatic N) is 1. The monoisotopic (exact) mass is 577 g/mol. The summed E-state index contributed by atoms with van der Waals surface area (Å²) in [6.07, 6.45) is 10.2. The predicted molar refractivity (Wildman–Crippen MR) is 170 cm³/mol. The summed E-state index contributed by atoms with van der Waals surface area (Å²) in [5, 5.41) is 7.12. The van der Waals surface area contributed by atoms with Crippen LogP contribution < -0.4 is 10.6 Å². The zero-order valence-electron chi connectivity index (χ0n) is 28.8. The summed E-state index contributed by atoms with van der Waals surface area (Å²) in [7, 11) is 0. The maximum atomic E-state index is 13.4. The van der Waals surface area contributed by atoms with Crippen molar-refractivity contribution in [1.29, 1.82) is 0 Å². The van der Waals surface area contributed by atoms with Crippen LogP contribution in [0.15, 0.2) is 12.2 Å². The second-order valence-corrected chi connectivity index (χ2v) is 16.5. The molecule has 0 spiro atoms. The molecular weight excluding hydrogens is 514 g/mol. The van der Waals surface area contributed by atoms with Crippen molar-refractivity contribution in [2.45, 2.75) is 157 Å². The van der Waals surface area contributed by atoms with Crippen molar-refractivity contribution >= 4 is 17.7 Å². The zero-order valence-corrected chi connectivity index (χ0v) is 28.8. The molecule has 1 aliphatic heterocycles. The van der Waals surface area contributed by atoms with E-state index >= 15 is 0 Å². The Kier molecular flexibility index (Phi) is 12.9. The maximum Gasteiger partial charge on any atom is 0.410 e. The smallest absolute Gasteiger partial charge is 0.410 e. The van der Waals surface area contributed by atoms with Crippen LogP contribution in [0.4, 0.5) is 4.79 Å². The number of likely N-dealkylation sites (tertiary alicyclic amines) is 1. The maximum absolute atomic E-state index is 13.4. The lowest BCUT2D eigenvalue weighted by molar-refractivity contribution is -0.134. The largest absolute Gasteiger partial charge is 0.445 e. The minimum atomic E-state index is -0.758. The van der Waals surface area contributed by atoms with Crippen LogP contribution >= 0.6 is 0 Å². The van der Waals surface area contributed by atoms with Gasteiger partial charge in [-0.25, -0.2) is 4.79 Å². The van der Waals surface area contributed by atoms with Crippen LogP contribution in [0, 0.1) is 10.8 Å². The number of carbonyl (C=O) groups excluding carboxylic acids is 3. The Balaban J connectivity index is 2.46. The predicted octanol–water partition coefficient (Wildman–Crippen LogP) is 7.23. The van der Waals surface area contributed by atoms with Crippen molar-refractivity contribution in [3.05, 3.63) is 12.2 Å². The fourth-order valence-corrected chi connectivity index (χ4v) is 6.12. The molecule has 1 aliphatic rings. The third kappa shape index (κ3) is 12.6. The highest BCUT2D eigenvalue weighted by atomic mass is 16.6. The highest BCUT2D eigenvalue weighted by molar-refractivity contribution is 5.94. The lowest BCUT2D eigenvalue weighted by Gasteiger charge is -2.40. The quantitative estimate of drug-likeness (QED) is 0.177. The van der Waals surface area contributed by atoms with E-state index < -0.39 is 16.5 Å². The van der Waals surface area contributed by atoms with Crippen LogP contribution in [0.5, 0.6) is 0 Å². The molecule has 1 saturated heterocycles. The fraction of sp³-hybridized carbons (Fsp3) is 0.853. The number of hydrogen-bond donors (Lipinski definition) is 2. The molecule has 0 saturated carbocycles. The first-order valence-electron chi connectivity index (χ1n) is 15.7. The van der Waals surface area contributed by atoms with Crippen molar-refractivity contribution in [3.8, 4) is 0 Å². The molecule has 1 heterocycles. The number of allylic oxidation sites excluding steroid dienone is 1. The number of ether oxygens (including phenoxy) is 1. The average molecular weight is 578 g/mol. The molecule has 1 rings (SSSR count). The summed E-state index contributed by atoms with van der Waals surface area (Å²) in [4.78, 5) is 41.0. The molecule has 0 aromatic heterocycles. The van der Waals surface area contributed by atoms with Gasteiger partial charge < -0.3 is 15.0 Å². The fourth-order valence-electron chi connectivity index (χ4n) is 6.12. The Morgan fingerprint density at radius 2 is 1.37 bits per heavy atom. The second kappa shape index (κ2) is 14.2. The highest BCUT2D eigenvalue weighted by Crippen LogP contribution is 2.33. The van der Waals surface area contributed by atoms with Gasteiger partial charge >= 0.3 is 6.09 Å². The van der Waals surface area contributed by atoms with E-state index in [4.69, 9.17) is 4.74 Å². The molecule has 0 unspecified atom stereocenters. The first-order chi connectivity index (χ1) is 18.4. The molecular formula is C34H63N3O4. The first-order valence-corrected chi connectivity index (χ1v) is 15.7. The Labute approximate surface area is 252 Å². The van der Waals surface area contributed by atoms with E-state index in [0.29, 0.717) is 19.5 Å². The Hall–Kier alpha value is -1.73. The van der Waals surface area contributed by atoms with Crippen LogP contribution in [0.2, 0.25) is 0 Å². The summed E-state index contributed by atoms with van der Waals surface area (Å²) in [6, 6.07) is 0. The van der Waals surface area contributed by atoms with Crippen LogP contribution in [-0.2, 0) is 14.3 Å². The Bertz CT molecular complexity index is 914. The lowest BCUT2D eigenvalue weighted by Crippen LogP contribution is -2.63. The van der Waals surface area contributed by atoms with Crippen molar-refractivity contribution in [1.82, 2.24) is 15.5 Å². The zero-order chi connectivity index (χ0) is 31.9. The van der Waals surface area contributed by atoms with Crippen molar-refractivity contribution in [2.24, 2.45) is 10.8 Å². The summed E-state index contributed by atoms with van der Waals surface area (Å²) in [5.41, 5.74) is -2.56. The van der Waals surface area contributed by atoms with Crippen molar-refractivity contribution in [3.63, 3.8) is 0 Å². The van der Waals surface area contributed by atoms with Gasteiger partial charge in [-0.1, -0.05) is 73.0 Å². The summed E-state index contributed by atoms with van der Waals surface area (Å²) in [5.74, 6) is 0.398. The SMILES string of the molecule is CC(C)(C)N[C@@]1(C(=O)C(C)(C)C)CCN(C(=O)OC/C=C/CCCCCC[C@@](C)(NC(C)(C)C)C(=O)C(C)(C)C)C1. The van der Waals surface area contributed by atoms with Gasteiger partial charge in [0.2, 0.25) is 0 Å². The normalized spacial score (nSPS) is 20.4. The van der Waals surface area contributed by atoms with Gasteiger partial charge in [0.15, 0.2) is 11.6 Å². The third-order valence-electron chi connectivity index (χ3n) is 7.36.